The predicted octanol–water partition coefficient (Wildman–Crippen LogP) is 1.00. The van der Waals surface area contributed by atoms with E-state index in [1.54, 1.807) is 19.2 Å². The molecule has 1 saturated heterocycles. The van der Waals surface area contributed by atoms with Gasteiger partial charge in [0.25, 0.3) is 5.56 Å². The average molecular weight is 232 g/mol. The Morgan fingerprint density at radius 2 is 2.24 bits per heavy atom. The van der Waals surface area contributed by atoms with Crippen LogP contribution in [0.4, 0.5) is 5.69 Å². The topological polar surface area (TPSA) is 61.9 Å². The van der Waals surface area contributed by atoms with Crippen LogP contribution in [0.25, 0.3) is 0 Å². The maximum Gasteiger partial charge on any atom is 0.268 e. The van der Waals surface area contributed by atoms with E-state index in [1.165, 1.54) is 17.5 Å². The molecular formula is C12H16N4O. The van der Waals surface area contributed by atoms with E-state index in [4.69, 9.17) is 5.26 Å². The second-order valence-electron chi connectivity index (χ2n) is 4.46. The first-order chi connectivity index (χ1) is 8.20. The highest BCUT2D eigenvalue weighted by atomic mass is 16.1. The summed E-state index contributed by atoms with van der Waals surface area (Å²) in [5.41, 5.74) is 0.768. The Bertz CT molecular complexity index is 482. The zero-order chi connectivity index (χ0) is 12.3. The number of nitrogens with zero attached hydrogens (tertiary/aromatic N) is 4. The van der Waals surface area contributed by atoms with Crippen molar-refractivity contribution in [2.75, 3.05) is 18.0 Å². The maximum absolute atomic E-state index is 11.8. The van der Waals surface area contributed by atoms with Gasteiger partial charge in [-0.25, -0.2) is 4.68 Å². The van der Waals surface area contributed by atoms with Gasteiger partial charge in [0.1, 0.15) is 0 Å². The van der Waals surface area contributed by atoms with Crippen molar-refractivity contribution in [3.63, 3.8) is 0 Å². The van der Waals surface area contributed by atoms with Gasteiger partial charge < -0.3 is 4.90 Å². The van der Waals surface area contributed by atoms with Crippen LogP contribution in [0.15, 0.2) is 17.1 Å². The van der Waals surface area contributed by atoms with Crippen LogP contribution in [-0.4, -0.2) is 22.9 Å². The average Bonchev–Trinajstić information content (AvgIpc) is 2.85. The summed E-state index contributed by atoms with van der Waals surface area (Å²) in [7, 11) is 0. The molecule has 1 aromatic heterocycles. The smallest absolute Gasteiger partial charge is 0.268 e. The van der Waals surface area contributed by atoms with Crippen molar-refractivity contribution < 1.29 is 0 Å². The molecule has 0 aliphatic carbocycles. The molecule has 1 aliphatic rings. The van der Waals surface area contributed by atoms with Gasteiger partial charge in [-0.3, -0.25) is 4.79 Å². The normalized spacial score (nSPS) is 16.8. The van der Waals surface area contributed by atoms with E-state index >= 15 is 0 Å². The zero-order valence-corrected chi connectivity index (χ0v) is 9.96. The first-order valence-corrected chi connectivity index (χ1v) is 5.92. The lowest BCUT2D eigenvalue weighted by Crippen LogP contribution is -2.27. The molecule has 0 radical (unpaired) electrons. The summed E-state index contributed by atoms with van der Waals surface area (Å²) >= 11 is 0. The van der Waals surface area contributed by atoms with Crippen molar-refractivity contribution in [1.29, 1.82) is 5.26 Å². The fraction of sp³-hybridized carbons (Fsp3) is 0.583. The Labute approximate surface area is 100 Å². The first-order valence-electron chi connectivity index (χ1n) is 5.92. The minimum Gasteiger partial charge on any atom is -0.370 e. The zero-order valence-electron chi connectivity index (χ0n) is 9.96. The molecule has 2 rings (SSSR count). The van der Waals surface area contributed by atoms with Gasteiger partial charge in [0.05, 0.1) is 30.4 Å². The van der Waals surface area contributed by atoms with Gasteiger partial charge in [-0.2, -0.15) is 10.4 Å². The summed E-state index contributed by atoms with van der Waals surface area (Å²) < 4.78 is 1.35. The molecular weight excluding hydrogens is 216 g/mol. The van der Waals surface area contributed by atoms with Crippen LogP contribution in [0, 0.1) is 17.2 Å². The maximum atomic E-state index is 11.8. The molecule has 0 spiro atoms. The minimum absolute atomic E-state index is 0.128. The summed E-state index contributed by atoms with van der Waals surface area (Å²) in [4.78, 5) is 14.0. The van der Waals surface area contributed by atoms with Gasteiger partial charge in [-0.1, -0.05) is 0 Å². The monoisotopic (exact) mass is 232 g/mol. The number of rotatable bonds is 3. The van der Waals surface area contributed by atoms with Crippen LogP contribution >= 0.6 is 0 Å². The van der Waals surface area contributed by atoms with Crippen LogP contribution in [-0.2, 0) is 6.54 Å². The van der Waals surface area contributed by atoms with E-state index in [2.05, 4.69) is 16.1 Å². The lowest BCUT2D eigenvalue weighted by Gasteiger charge is -2.17. The molecule has 0 amide bonds. The van der Waals surface area contributed by atoms with Crippen LogP contribution in [0.2, 0.25) is 0 Å². The molecule has 5 heteroatoms. The minimum atomic E-state index is -0.196. The van der Waals surface area contributed by atoms with Crippen molar-refractivity contribution in [2.45, 2.75) is 26.3 Å². The molecule has 0 saturated carbocycles. The van der Waals surface area contributed by atoms with Gasteiger partial charge in [0.2, 0.25) is 0 Å². The number of anilines is 1. The van der Waals surface area contributed by atoms with E-state index in [0.29, 0.717) is 6.54 Å². The van der Waals surface area contributed by atoms with E-state index < -0.39 is 0 Å². The molecule has 1 aromatic rings. The molecule has 1 fully saturated rings. The predicted molar refractivity (Wildman–Crippen MR) is 64.7 cm³/mol. The highest BCUT2D eigenvalue weighted by Gasteiger charge is 2.14. The lowest BCUT2D eigenvalue weighted by atomic mass is 10.2. The molecule has 1 unspecified atom stereocenters. The van der Waals surface area contributed by atoms with E-state index in [-0.39, 0.29) is 11.5 Å². The quantitative estimate of drug-likeness (QED) is 0.780. The lowest BCUT2D eigenvalue weighted by molar-refractivity contribution is 0.503. The third-order valence-corrected chi connectivity index (χ3v) is 2.99. The van der Waals surface area contributed by atoms with Crippen LogP contribution < -0.4 is 10.5 Å². The summed E-state index contributed by atoms with van der Waals surface area (Å²) in [5.74, 6) is -0.196. The molecule has 17 heavy (non-hydrogen) atoms. The van der Waals surface area contributed by atoms with Crippen molar-refractivity contribution in [2.24, 2.45) is 5.92 Å². The summed E-state index contributed by atoms with van der Waals surface area (Å²) in [6.07, 6.45) is 4.07. The Kier molecular flexibility index (Phi) is 3.43. The molecule has 2 heterocycles. The van der Waals surface area contributed by atoms with E-state index in [9.17, 15) is 4.79 Å². The summed E-state index contributed by atoms with van der Waals surface area (Å²) in [6, 6.07) is 3.71. The molecule has 5 nitrogen and oxygen atoms in total. The SMILES string of the molecule is CC(C#N)Cn1ncc(N2CCCC2)cc1=O. The standard InChI is InChI=1S/C12H16N4O/c1-10(7-13)9-16-12(17)6-11(8-14-16)15-4-2-3-5-15/h6,8,10H,2-5,9H2,1H3. The second-order valence-corrected chi connectivity index (χ2v) is 4.46. The van der Waals surface area contributed by atoms with Crippen molar-refractivity contribution >= 4 is 5.69 Å². The molecule has 0 aromatic carbocycles. The first kappa shape index (κ1) is 11.6. The largest absolute Gasteiger partial charge is 0.370 e. The van der Waals surface area contributed by atoms with Crippen LogP contribution in [0.3, 0.4) is 0 Å². The van der Waals surface area contributed by atoms with Crippen LogP contribution in [0.5, 0.6) is 0 Å². The molecule has 0 bridgehead atoms. The van der Waals surface area contributed by atoms with Gasteiger partial charge in [-0.15, -0.1) is 0 Å². The highest BCUT2D eigenvalue weighted by molar-refractivity contribution is 5.43. The summed E-state index contributed by atoms with van der Waals surface area (Å²) in [6.45, 7) is 4.14. The number of nitriles is 1. The van der Waals surface area contributed by atoms with Crippen molar-refractivity contribution in [1.82, 2.24) is 9.78 Å². The second kappa shape index (κ2) is 5.00. The van der Waals surface area contributed by atoms with Gasteiger partial charge in [-0.05, 0) is 19.8 Å². The van der Waals surface area contributed by atoms with E-state index in [0.717, 1.165) is 18.8 Å². The fourth-order valence-electron chi connectivity index (χ4n) is 2.01. The molecule has 0 N–H and O–H groups in total. The number of aromatic nitrogens is 2. The number of hydrogen-bond donors (Lipinski definition) is 0. The van der Waals surface area contributed by atoms with Crippen molar-refractivity contribution in [3.05, 3.63) is 22.6 Å². The summed E-state index contributed by atoms with van der Waals surface area (Å²) in [5, 5.41) is 12.8. The molecule has 1 atom stereocenters. The van der Waals surface area contributed by atoms with Gasteiger partial charge in [0.15, 0.2) is 0 Å². The Morgan fingerprint density at radius 1 is 1.53 bits per heavy atom. The van der Waals surface area contributed by atoms with Gasteiger partial charge in [0, 0.05) is 19.2 Å². The molecule has 90 valence electrons. The number of hydrogen-bond acceptors (Lipinski definition) is 4. The van der Waals surface area contributed by atoms with Gasteiger partial charge >= 0.3 is 0 Å². The Morgan fingerprint density at radius 3 is 2.82 bits per heavy atom. The Hall–Kier alpha value is -1.83. The third kappa shape index (κ3) is 2.64. The molecule has 1 aliphatic heterocycles. The fourth-order valence-corrected chi connectivity index (χ4v) is 2.01. The van der Waals surface area contributed by atoms with Crippen molar-refractivity contribution in [3.8, 4) is 6.07 Å². The Balaban J connectivity index is 2.17. The van der Waals surface area contributed by atoms with E-state index in [1.807, 2.05) is 0 Å². The third-order valence-electron chi connectivity index (χ3n) is 2.99. The highest BCUT2D eigenvalue weighted by Crippen LogP contribution is 2.16. The van der Waals surface area contributed by atoms with Crippen LogP contribution in [0.1, 0.15) is 19.8 Å².